The number of hydrogen-bond acceptors (Lipinski definition) is 4. The van der Waals surface area contributed by atoms with E-state index in [1.54, 1.807) is 24.3 Å². The summed E-state index contributed by atoms with van der Waals surface area (Å²) in [6.07, 6.45) is 1.82. The number of halogens is 1. The number of para-hydroxylation sites is 1. The minimum absolute atomic E-state index is 0.0595. The molecule has 5 nitrogen and oxygen atoms in total. The Balaban J connectivity index is 1.88. The van der Waals surface area contributed by atoms with Crippen LogP contribution in [0, 0.1) is 5.92 Å². The highest BCUT2D eigenvalue weighted by Gasteiger charge is 2.31. The fourth-order valence-electron chi connectivity index (χ4n) is 2.99. The molecule has 7 heteroatoms. The van der Waals surface area contributed by atoms with E-state index in [4.69, 9.17) is 16.3 Å². The third-order valence-corrected chi connectivity index (χ3v) is 6.70. The molecule has 0 aliphatic carbocycles. The topological polar surface area (TPSA) is 63.7 Å². The lowest BCUT2D eigenvalue weighted by Gasteiger charge is -2.30. The smallest absolute Gasteiger partial charge is 0.343 e. The molecule has 1 heterocycles. The Morgan fingerprint density at radius 1 is 1.19 bits per heavy atom. The van der Waals surface area contributed by atoms with Crippen LogP contribution in [-0.4, -0.2) is 31.8 Å². The highest BCUT2D eigenvalue weighted by atomic mass is 35.5. The average molecular weight is 394 g/mol. The molecule has 26 heavy (non-hydrogen) atoms. The first-order chi connectivity index (χ1) is 12.4. The van der Waals surface area contributed by atoms with Gasteiger partial charge in [0.05, 0.1) is 10.6 Å². The third-order valence-electron chi connectivity index (χ3n) is 4.36. The van der Waals surface area contributed by atoms with Crippen molar-refractivity contribution in [2.45, 2.75) is 24.7 Å². The van der Waals surface area contributed by atoms with Gasteiger partial charge in [-0.2, -0.15) is 4.31 Å². The molecule has 1 fully saturated rings. The quantitative estimate of drug-likeness (QED) is 0.582. The summed E-state index contributed by atoms with van der Waals surface area (Å²) in [6.45, 7) is 2.94. The number of esters is 1. The highest BCUT2D eigenvalue weighted by molar-refractivity contribution is 7.89. The van der Waals surface area contributed by atoms with Crippen molar-refractivity contribution in [1.82, 2.24) is 4.31 Å². The Morgan fingerprint density at radius 3 is 2.62 bits per heavy atom. The van der Waals surface area contributed by atoms with Crippen LogP contribution >= 0.6 is 11.6 Å². The zero-order valence-electron chi connectivity index (χ0n) is 14.4. The van der Waals surface area contributed by atoms with E-state index in [9.17, 15) is 13.2 Å². The van der Waals surface area contributed by atoms with E-state index in [-0.39, 0.29) is 15.5 Å². The predicted octanol–water partition coefficient (Wildman–Crippen LogP) is 3.98. The van der Waals surface area contributed by atoms with Crippen molar-refractivity contribution in [3.63, 3.8) is 0 Å². The molecule has 1 aliphatic heterocycles. The van der Waals surface area contributed by atoms with Crippen LogP contribution < -0.4 is 4.74 Å². The number of hydrogen-bond donors (Lipinski definition) is 0. The molecule has 0 bridgehead atoms. The SMILES string of the molecule is CC1CCCN(S(=O)(=O)c2cc(C(=O)Oc3ccccc3)ccc2Cl)C1. The van der Waals surface area contributed by atoms with Gasteiger partial charge in [0.2, 0.25) is 10.0 Å². The predicted molar refractivity (Wildman–Crippen MR) is 100 cm³/mol. The standard InChI is InChI=1S/C19H20ClNO4S/c1-14-6-5-11-21(13-14)26(23,24)18-12-15(9-10-17(18)20)19(22)25-16-7-3-2-4-8-16/h2-4,7-10,12,14H,5-6,11,13H2,1H3. The second-order valence-electron chi connectivity index (χ2n) is 6.46. The van der Waals surface area contributed by atoms with E-state index >= 15 is 0 Å². The van der Waals surface area contributed by atoms with Crippen molar-refractivity contribution >= 4 is 27.6 Å². The lowest BCUT2D eigenvalue weighted by molar-refractivity contribution is 0.0734. The van der Waals surface area contributed by atoms with Gasteiger partial charge in [0.25, 0.3) is 0 Å². The van der Waals surface area contributed by atoms with Crippen LogP contribution in [0.3, 0.4) is 0 Å². The Hall–Kier alpha value is -1.89. The van der Waals surface area contributed by atoms with E-state index in [0.29, 0.717) is 24.8 Å². The van der Waals surface area contributed by atoms with Gasteiger partial charge in [-0.05, 0) is 49.1 Å². The Kier molecular flexibility index (Phi) is 5.65. The highest BCUT2D eigenvalue weighted by Crippen LogP contribution is 2.29. The maximum absolute atomic E-state index is 13.0. The monoisotopic (exact) mass is 393 g/mol. The molecule has 1 aliphatic rings. The molecule has 3 rings (SSSR count). The second kappa shape index (κ2) is 7.78. The Labute approximate surface area is 158 Å². The number of rotatable bonds is 4. The normalized spacial score (nSPS) is 18.5. The molecular weight excluding hydrogens is 374 g/mol. The van der Waals surface area contributed by atoms with Crippen molar-refractivity contribution in [3.05, 3.63) is 59.1 Å². The fourth-order valence-corrected chi connectivity index (χ4v) is 5.08. The largest absolute Gasteiger partial charge is 0.423 e. The number of sulfonamides is 1. The first-order valence-electron chi connectivity index (χ1n) is 8.45. The van der Waals surface area contributed by atoms with Gasteiger partial charge in [-0.1, -0.05) is 36.7 Å². The van der Waals surface area contributed by atoms with Crippen molar-refractivity contribution in [2.24, 2.45) is 5.92 Å². The van der Waals surface area contributed by atoms with Gasteiger partial charge in [-0.15, -0.1) is 0 Å². The minimum Gasteiger partial charge on any atom is -0.423 e. The van der Waals surface area contributed by atoms with Gasteiger partial charge in [0.1, 0.15) is 10.6 Å². The fraction of sp³-hybridized carbons (Fsp3) is 0.316. The van der Waals surface area contributed by atoms with Gasteiger partial charge in [-0.25, -0.2) is 13.2 Å². The molecular formula is C19H20ClNO4S. The first kappa shape index (κ1) is 18.9. The van der Waals surface area contributed by atoms with Gasteiger partial charge in [-0.3, -0.25) is 0 Å². The van der Waals surface area contributed by atoms with Crippen molar-refractivity contribution in [3.8, 4) is 5.75 Å². The molecule has 2 aromatic rings. The van der Waals surface area contributed by atoms with Crippen LogP contribution in [-0.2, 0) is 10.0 Å². The molecule has 2 aromatic carbocycles. The second-order valence-corrected chi connectivity index (χ2v) is 8.77. The summed E-state index contributed by atoms with van der Waals surface area (Å²) in [5, 5.41) is 0.0967. The van der Waals surface area contributed by atoms with Crippen LogP contribution in [0.2, 0.25) is 5.02 Å². The summed E-state index contributed by atoms with van der Waals surface area (Å²) in [5.41, 5.74) is 0.141. The molecule has 0 spiro atoms. The summed E-state index contributed by atoms with van der Waals surface area (Å²) < 4.78 is 32.7. The van der Waals surface area contributed by atoms with Gasteiger partial charge < -0.3 is 4.74 Å². The van der Waals surface area contributed by atoms with Crippen molar-refractivity contribution in [2.75, 3.05) is 13.1 Å². The molecule has 0 radical (unpaired) electrons. The first-order valence-corrected chi connectivity index (χ1v) is 10.3. The molecule has 1 saturated heterocycles. The molecule has 0 N–H and O–H groups in total. The van der Waals surface area contributed by atoms with E-state index in [0.717, 1.165) is 12.8 Å². The minimum atomic E-state index is -3.76. The number of benzene rings is 2. The summed E-state index contributed by atoms with van der Waals surface area (Å²) in [4.78, 5) is 12.3. The maximum atomic E-state index is 13.0. The zero-order valence-corrected chi connectivity index (χ0v) is 16.0. The van der Waals surface area contributed by atoms with Crippen LogP contribution in [0.4, 0.5) is 0 Å². The van der Waals surface area contributed by atoms with Crippen LogP contribution in [0.1, 0.15) is 30.1 Å². The zero-order chi connectivity index (χ0) is 18.7. The van der Waals surface area contributed by atoms with E-state index in [2.05, 4.69) is 0 Å². The Bertz CT molecular complexity index is 899. The number of carbonyl (C=O) groups excluding carboxylic acids is 1. The molecule has 1 unspecified atom stereocenters. The summed E-state index contributed by atoms with van der Waals surface area (Å²) in [5.74, 6) is 0.0570. The van der Waals surface area contributed by atoms with Crippen molar-refractivity contribution in [1.29, 1.82) is 0 Å². The summed E-state index contributed by atoms with van der Waals surface area (Å²) >= 11 is 6.14. The molecule has 0 saturated carbocycles. The number of ether oxygens (including phenoxy) is 1. The molecule has 0 aromatic heterocycles. The Morgan fingerprint density at radius 2 is 1.92 bits per heavy atom. The lowest BCUT2D eigenvalue weighted by atomic mass is 10.0. The van der Waals surface area contributed by atoms with Crippen molar-refractivity contribution < 1.29 is 17.9 Å². The van der Waals surface area contributed by atoms with Gasteiger partial charge in [0.15, 0.2) is 0 Å². The number of piperidine rings is 1. The van der Waals surface area contributed by atoms with E-state index < -0.39 is 16.0 Å². The van der Waals surface area contributed by atoms with Crippen LogP contribution in [0.15, 0.2) is 53.4 Å². The van der Waals surface area contributed by atoms with Gasteiger partial charge >= 0.3 is 5.97 Å². The third kappa shape index (κ3) is 4.09. The van der Waals surface area contributed by atoms with E-state index in [1.807, 2.05) is 13.0 Å². The van der Waals surface area contributed by atoms with Gasteiger partial charge in [0, 0.05) is 13.1 Å². The lowest BCUT2D eigenvalue weighted by Crippen LogP contribution is -2.39. The summed E-state index contributed by atoms with van der Waals surface area (Å²) in [7, 11) is -3.76. The molecule has 1 atom stereocenters. The molecule has 138 valence electrons. The number of nitrogens with zero attached hydrogens (tertiary/aromatic N) is 1. The summed E-state index contributed by atoms with van der Waals surface area (Å²) in [6, 6.07) is 12.8. The van der Waals surface area contributed by atoms with E-state index in [1.165, 1.54) is 22.5 Å². The molecule has 0 amide bonds. The number of carbonyl (C=O) groups is 1. The van der Waals surface area contributed by atoms with Crippen LogP contribution in [0.25, 0.3) is 0 Å². The maximum Gasteiger partial charge on any atom is 0.343 e. The average Bonchev–Trinajstić information content (AvgIpc) is 2.62. The van der Waals surface area contributed by atoms with Crippen LogP contribution in [0.5, 0.6) is 5.75 Å².